The molecule has 2 unspecified atom stereocenters. The highest BCUT2D eigenvalue weighted by molar-refractivity contribution is 5.89. The molecule has 2 bridgehead atoms. The van der Waals surface area contributed by atoms with Gasteiger partial charge < -0.3 is 14.2 Å². The summed E-state index contributed by atoms with van der Waals surface area (Å²) in [5.41, 5.74) is 1.79. The van der Waals surface area contributed by atoms with Gasteiger partial charge in [0, 0.05) is 25.7 Å². The number of esters is 1. The number of carbonyl (C=O) groups is 2. The minimum atomic E-state index is -0.760. The molecule has 2 atom stereocenters. The molecule has 5 heteroatoms. The molecule has 128 valence electrons. The van der Waals surface area contributed by atoms with Crippen LogP contribution in [-0.2, 0) is 23.8 Å². The molecule has 0 N–H and O–H groups in total. The molecular formula is C18H26O5. The maximum absolute atomic E-state index is 12.8. The van der Waals surface area contributed by atoms with Crippen LogP contribution in [0.15, 0.2) is 11.1 Å². The van der Waals surface area contributed by atoms with Crippen molar-refractivity contribution in [1.29, 1.82) is 0 Å². The lowest BCUT2D eigenvalue weighted by molar-refractivity contribution is -0.227. The molecule has 1 heterocycles. The van der Waals surface area contributed by atoms with Crippen LogP contribution in [0.3, 0.4) is 0 Å². The first-order valence-electron chi connectivity index (χ1n) is 8.46. The molecule has 0 aromatic heterocycles. The van der Waals surface area contributed by atoms with E-state index in [1.165, 1.54) is 6.92 Å². The Morgan fingerprint density at radius 2 is 1.87 bits per heavy atom. The van der Waals surface area contributed by atoms with Crippen molar-refractivity contribution in [2.24, 2.45) is 11.3 Å². The van der Waals surface area contributed by atoms with Crippen molar-refractivity contribution in [3.05, 3.63) is 11.1 Å². The van der Waals surface area contributed by atoms with Crippen molar-refractivity contribution >= 4 is 11.8 Å². The number of carbonyl (C=O) groups excluding carboxylic acids is 2. The molecule has 3 aliphatic rings. The first-order chi connectivity index (χ1) is 10.8. The van der Waals surface area contributed by atoms with Crippen LogP contribution in [-0.4, -0.2) is 36.9 Å². The number of ketones is 1. The zero-order chi connectivity index (χ0) is 16.8. The van der Waals surface area contributed by atoms with Gasteiger partial charge in [0.05, 0.1) is 13.2 Å². The standard InChI is InChI=1S/C18H26O5/c1-11-5-6-14-17(3,4)15(11)16(23-12(2)19)13(20)7-8-18(14)21-9-10-22-18/h14,16H,5-10H2,1-4H3. The van der Waals surface area contributed by atoms with Gasteiger partial charge in [-0.2, -0.15) is 0 Å². The third kappa shape index (κ3) is 2.64. The molecule has 2 fully saturated rings. The van der Waals surface area contributed by atoms with E-state index < -0.39 is 17.9 Å². The topological polar surface area (TPSA) is 61.8 Å². The molecule has 5 nitrogen and oxygen atoms in total. The predicted octanol–water partition coefficient (Wildman–Crippen LogP) is 2.78. The number of Topliss-reactive ketones (excluding diaryl/α,β-unsaturated/α-hetero) is 1. The molecule has 1 saturated carbocycles. The van der Waals surface area contributed by atoms with E-state index >= 15 is 0 Å². The number of rotatable bonds is 1. The Kier molecular flexibility index (Phi) is 4.13. The SMILES string of the molecule is CC(=O)OC1C(=O)CCC2(OCCO2)C2CCC(C)=C1C2(C)C. The Morgan fingerprint density at radius 1 is 1.22 bits per heavy atom. The smallest absolute Gasteiger partial charge is 0.303 e. The summed E-state index contributed by atoms with van der Waals surface area (Å²) in [6.45, 7) is 8.80. The van der Waals surface area contributed by atoms with E-state index in [0.717, 1.165) is 24.0 Å². The first kappa shape index (κ1) is 16.7. The Balaban J connectivity index is 2.09. The summed E-state index contributed by atoms with van der Waals surface area (Å²) in [7, 11) is 0. The van der Waals surface area contributed by atoms with E-state index in [4.69, 9.17) is 14.2 Å². The van der Waals surface area contributed by atoms with Crippen LogP contribution in [0, 0.1) is 11.3 Å². The van der Waals surface area contributed by atoms with Crippen LogP contribution in [0.25, 0.3) is 0 Å². The fourth-order valence-electron chi connectivity index (χ4n) is 4.80. The van der Waals surface area contributed by atoms with Gasteiger partial charge >= 0.3 is 5.97 Å². The second-order valence-electron chi connectivity index (χ2n) is 7.47. The summed E-state index contributed by atoms with van der Waals surface area (Å²) in [6.07, 6.45) is 1.92. The quantitative estimate of drug-likeness (QED) is 0.549. The lowest BCUT2D eigenvalue weighted by atomic mass is 9.58. The molecule has 2 aliphatic carbocycles. The van der Waals surface area contributed by atoms with Gasteiger partial charge in [-0.25, -0.2) is 0 Å². The summed E-state index contributed by atoms with van der Waals surface area (Å²) >= 11 is 0. The normalized spacial score (nSPS) is 32.6. The third-order valence-electron chi connectivity index (χ3n) is 5.70. The zero-order valence-corrected chi connectivity index (χ0v) is 14.4. The van der Waals surface area contributed by atoms with Crippen molar-refractivity contribution in [2.45, 2.75) is 65.3 Å². The average molecular weight is 322 g/mol. The molecule has 1 saturated heterocycles. The van der Waals surface area contributed by atoms with Gasteiger partial charge in [0.2, 0.25) is 0 Å². The number of fused-ring (bicyclic) bond motifs is 3. The zero-order valence-electron chi connectivity index (χ0n) is 14.4. The van der Waals surface area contributed by atoms with Crippen molar-refractivity contribution in [3.8, 4) is 0 Å². The van der Waals surface area contributed by atoms with Gasteiger partial charge in [0.25, 0.3) is 0 Å². The Hall–Kier alpha value is -1.20. The molecule has 0 amide bonds. The maximum Gasteiger partial charge on any atom is 0.303 e. The summed E-state index contributed by atoms with van der Waals surface area (Å²) in [4.78, 5) is 24.3. The fraction of sp³-hybridized carbons (Fsp3) is 0.778. The Bertz CT molecular complexity index is 554. The first-order valence-corrected chi connectivity index (χ1v) is 8.46. The monoisotopic (exact) mass is 322 g/mol. The van der Waals surface area contributed by atoms with Crippen LogP contribution in [0.2, 0.25) is 0 Å². The Labute approximate surface area is 137 Å². The highest BCUT2D eigenvalue weighted by atomic mass is 16.7. The summed E-state index contributed by atoms with van der Waals surface area (Å²) in [5, 5.41) is 0. The minimum Gasteiger partial charge on any atom is -0.450 e. The van der Waals surface area contributed by atoms with E-state index in [1.54, 1.807) is 0 Å². The molecular weight excluding hydrogens is 296 g/mol. The van der Waals surface area contributed by atoms with Gasteiger partial charge in [0.1, 0.15) is 0 Å². The van der Waals surface area contributed by atoms with Gasteiger partial charge in [-0.3, -0.25) is 9.59 Å². The number of hydrogen-bond acceptors (Lipinski definition) is 5. The molecule has 0 aromatic carbocycles. The van der Waals surface area contributed by atoms with Crippen LogP contribution in [0.4, 0.5) is 0 Å². The lowest BCUT2D eigenvalue weighted by Crippen LogP contribution is -2.54. The van der Waals surface area contributed by atoms with Crippen molar-refractivity contribution in [3.63, 3.8) is 0 Å². The van der Waals surface area contributed by atoms with E-state index in [9.17, 15) is 9.59 Å². The van der Waals surface area contributed by atoms with Gasteiger partial charge in [-0.15, -0.1) is 0 Å². The third-order valence-corrected chi connectivity index (χ3v) is 5.70. The highest BCUT2D eigenvalue weighted by Gasteiger charge is 2.57. The van der Waals surface area contributed by atoms with Crippen LogP contribution >= 0.6 is 0 Å². The summed E-state index contributed by atoms with van der Waals surface area (Å²) in [6, 6.07) is 0. The number of allylic oxidation sites excluding steroid dienone is 1. The number of hydrogen-bond donors (Lipinski definition) is 0. The molecule has 0 aromatic rings. The van der Waals surface area contributed by atoms with E-state index in [0.29, 0.717) is 26.1 Å². The lowest BCUT2D eigenvalue weighted by Gasteiger charge is -2.51. The number of ether oxygens (including phenoxy) is 3. The molecule has 1 aliphatic heterocycles. The van der Waals surface area contributed by atoms with E-state index in [1.807, 2.05) is 6.92 Å². The van der Waals surface area contributed by atoms with Crippen molar-refractivity contribution in [1.82, 2.24) is 0 Å². The van der Waals surface area contributed by atoms with Gasteiger partial charge in [0.15, 0.2) is 17.7 Å². The average Bonchev–Trinajstić information content (AvgIpc) is 2.91. The van der Waals surface area contributed by atoms with Crippen molar-refractivity contribution < 1.29 is 23.8 Å². The molecule has 1 spiro atoms. The van der Waals surface area contributed by atoms with Crippen LogP contribution < -0.4 is 0 Å². The second kappa shape index (κ2) is 5.71. The molecule has 23 heavy (non-hydrogen) atoms. The molecule has 3 rings (SSSR count). The second-order valence-corrected chi connectivity index (χ2v) is 7.47. The summed E-state index contributed by atoms with van der Waals surface area (Å²) < 4.78 is 17.5. The summed E-state index contributed by atoms with van der Waals surface area (Å²) in [5.74, 6) is -0.985. The minimum absolute atomic E-state index is 0.0542. The largest absolute Gasteiger partial charge is 0.450 e. The van der Waals surface area contributed by atoms with E-state index in [-0.39, 0.29) is 17.1 Å². The van der Waals surface area contributed by atoms with Crippen LogP contribution in [0.1, 0.15) is 53.4 Å². The van der Waals surface area contributed by atoms with Crippen molar-refractivity contribution in [2.75, 3.05) is 13.2 Å². The maximum atomic E-state index is 12.8. The molecule has 0 radical (unpaired) electrons. The highest BCUT2D eigenvalue weighted by Crippen LogP contribution is 2.55. The van der Waals surface area contributed by atoms with Gasteiger partial charge in [-0.05, 0) is 30.8 Å². The van der Waals surface area contributed by atoms with E-state index in [2.05, 4.69) is 13.8 Å². The Morgan fingerprint density at radius 3 is 2.48 bits per heavy atom. The fourth-order valence-corrected chi connectivity index (χ4v) is 4.80. The van der Waals surface area contributed by atoms with Gasteiger partial charge in [-0.1, -0.05) is 19.4 Å². The van der Waals surface area contributed by atoms with Crippen LogP contribution in [0.5, 0.6) is 0 Å². The predicted molar refractivity (Wildman–Crippen MR) is 83.6 cm³/mol.